The van der Waals surface area contributed by atoms with Crippen molar-refractivity contribution >= 4 is 17.8 Å². The molecule has 0 bridgehead atoms. The first kappa shape index (κ1) is 27.8. The number of tetrazole rings is 1. The predicted octanol–water partition coefficient (Wildman–Crippen LogP) is 3.09. The maximum absolute atomic E-state index is 14.1. The molecule has 2 atom stereocenters. The Hall–Kier alpha value is -5.30. The Kier molecular flexibility index (Phi) is 7.47. The van der Waals surface area contributed by atoms with Crippen molar-refractivity contribution in [2.45, 2.75) is 39.0 Å². The fourth-order valence-corrected chi connectivity index (χ4v) is 5.10. The lowest BCUT2D eigenvalue weighted by Gasteiger charge is -2.17. The molecule has 6 rings (SSSR count). The topological polar surface area (TPSA) is 148 Å². The van der Waals surface area contributed by atoms with Gasteiger partial charge < -0.3 is 15.2 Å². The first-order valence-electron chi connectivity index (χ1n) is 13.7. The minimum absolute atomic E-state index is 0.0877. The van der Waals surface area contributed by atoms with Gasteiger partial charge in [0, 0.05) is 35.6 Å². The molecule has 5 aromatic rings. The van der Waals surface area contributed by atoms with Gasteiger partial charge in [0.15, 0.2) is 5.82 Å². The van der Waals surface area contributed by atoms with Crippen molar-refractivity contribution in [1.82, 2.24) is 45.0 Å². The molecule has 12 nitrogen and oxygen atoms in total. The van der Waals surface area contributed by atoms with Crippen LogP contribution in [-0.2, 0) is 17.8 Å². The Morgan fingerprint density at radius 3 is 2.84 bits per heavy atom. The van der Waals surface area contributed by atoms with E-state index in [-0.39, 0.29) is 18.3 Å². The van der Waals surface area contributed by atoms with Gasteiger partial charge in [-0.15, -0.1) is 10.2 Å². The highest BCUT2D eigenvalue weighted by Crippen LogP contribution is 2.29. The largest absolute Gasteiger partial charge is 0.315 e. The number of aromatic amines is 1. The molecule has 1 aromatic carbocycles. The number of halogens is 1. The second-order valence-electron chi connectivity index (χ2n) is 10.4. The summed E-state index contributed by atoms with van der Waals surface area (Å²) < 4.78 is 17.6. The Bertz CT molecular complexity index is 1890. The second kappa shape index (κ2) is 11.5. The minimum Gasteiger partial charge on any atom is -0.315 e. The molecule has 3 N–H and O–H groups in total. The molecular weight excluding hydrogens is 551 g/mol. The zero-order chi connectivity index (χ0) is 30.1. The van der Waals surface area contributed by atoms with Gasteiger partial charge in [-0.05, 0) is 67.1 Å². The van der Waals surface area contributed by atoms with Crippen molar-refractivity contribution in [3.05, 3.63) is 93.9 Å². The summed E-state index contributed by atoms with van der Waals surface area (Å²) in [5.74, 6) is -0.0650. The maximum atomic E-state index is 14.1. The number of benzene rings is 1. The van der Waals surface area contributed by atoms with Gasteiger partial charge in [-0.1, -0.05) is 18.2 Å². The molecule has 0 saturated carbocycles. The normalized spacial score (nSPS) is 14.8. The summed E-state index contributed by atoms with van der Waals surface area (Å²) in [6.07, 6.45) is 9.62. The number of hydrogen-bond acceptors (Lipinski definition) is 8. The van der Waals surface area contributed by atoms with Gasteiger partial charge in [-0.25, -0.2) is 9.37 Å². The van der Waals surface area contributed by atoms with E-state index >= 15 is 0 Å². The lowest BCUT2D eigenvalue weighted by molar-refractivity contribution is -0.117. The van der Waals surface area contributed by atoms with Crippen molar-refractivity contribution in [3.63, 3.8) is 0 Å². The fraction of sp³-hybridized carbons (Fsp3) is 0.233. The molecule has 0 saturated heterocycles. The highest BCUT2D eigenvalue weighted by Gasteiger charge is 2.21. The standard InChI is InChI=1S/C30H29FN10O2/c1-17-15-40(25-8-7-22(31)11-24(17)25)23-9-19(12-33-13-23)16-41-26(14-34-28(30(41)43)35-29(42)18(2)32-3)20-5-4-6-21(10-20)27-36-38-39-37-27/h4-10,12-15,18,22,32H,11,16H2,1-3H3,(H,34,35,42)(H,36,37,38,39)/t18-,22?/m0/s1. The molecule has 1 amide bonds. The monoisotopic (exact) mass is 580 g/mol. The molecule has 13 heteroatoms. The smallest absolute Gasteiger partial charge is 0.294 e. The van der Waals surface area contributed by atoms with E-state index in [9.17, 15) is 14.0 Å². The molecule has 4 heterocycles. The van der Waals surface area contributed by atoms with Crippen LogP contribution in [0.2, 0.25) is 0 Å². The van der Waals surface area contributed by atoms with Gasteiger partial charge in [-0.2, -0.15) is 5.21 Å². The van der Waals surface area contributed by atoms with Gasteiger partial charge in [0.1, 0.15) is 6.17 Å². The highest BCUT2D eigenvalue weighted by molar-refractivity contribution is 5.93. The van der Waals surface area contributed by atoms with Crippen molar-refractivity contribution in [2.75, 3.05) is 12.4 Å². The van der Waals surface area contributed by atoms with Crippen LogP contribution in [0.3, 0.4) is 0 Å². The first-order chi connectivity index (χ1) is 20.8. The van der Waals surface area contributed by atoms with Crippen LogP contribution in [-0.4, -0.2) is 64.9 Å². The molecule has 0 radical (unpaired) electrons. The third kappa shape index (κ3) is 5.49. The van der Waals surface area contributed by atoms with Crippen LogP contribution in [0.5, 0.6) is 0 Å². The molecule has 218 valence electrons. The fourth-order valence-electron chi connectivity index (χ4n) is 5.10. The summed E-state index contributed by atoms with van der Waals surface area (Å²) in [7, 11) is 1.66. The molecular formula is C30H29FN10O2. The Morgan fingerprint density at radius 1 is 1.21 bits per heavy atom. The quantitative estimate of drug-likeness (QED) is 0.254. The van der Waals surface area contributed by atoms with E-state index in [0.717, 1.165) is 28.1 Å². The van der Waals surface area contributed by atoms with E-state index in [0.29, 0.717) is 29.1 Å². The van der Waals surface area contributed by atoms with Crippen LogP contribution in [0.1, 0.15) is 29.3 Å². The molecule has 0 spiro atoms. The number of fused-ring (bicyclic) bond motifs is 1. The molecule has 0 aliphatic heterocycles. The zero-order valence-corrected chi connectivity index (χ0v) is 23.7. The van der Waals surface area contributed by atoms with Gasteiger partial charge in [-0.3, -0.25) is 19.1 Å². The summed E-state index contributed by atoms with van der Waals surface area (Å²) in [6.45, 7) is 3.79. The van der Waals surface area contributed by atoms with Crippen molar-refractivity contribution in [1.29, 1.82) is 0 Å². The van der Waals surface area contributed by atoms with Crippen LogP contribution >= 0.6 is 0 Å². The van der Waals surface area contributed by atoms with Crippen LogP contribution in [0.4, 0.5) is 10.2 Å². The number of amides is 1. The van der Waals surface area contributed by atoms with Crippen LogP contribution in [0.25, 0.3) is 34.4 Å². The lowest BCUT2D eigenvalue weighted by atomic mass is 10.00. The number of carbonyl (C=O) groups is 1. The van der Waals surface area contributed by atoms with Gasteiger partial charge >= 0.3 is 0 Å². The van der Waals surface area contributed by atoms with Crippen molar-refractivity contribution in [3.8, 4) is 28.3 Å². The minimum atomic E-state index is -1.01. The van der Waals surface area contributed by atoms with E-state index in [2.05, 4.69) is 41.2 Å². The number of nitrogens with zero attached hydrogens (tertiary/aromatic N) is 7. The number of pyridine rings is 1. The SMILES string of the molecule is CN[C@@H](C)C(=O)Nc1ncc(-c2cccc(-c3nn[nH]n3)c2)n(Cc2cncc(-n3cc(C)c4c3C=CC(F)C4)c2)c1=O. The Labute approximate surface area is 245 Å². The van der Waals surface area contributed by atoms with E-state index in [1.165, 1.54) is 0 Å². The molecule has 43 heavy (non-hydrogen) atoms. The van der Waals surface area contributed by atoms with Crippen molar-refractivity contribution in [2.24, 2.45) is 0 Å². The molecule has 1 aliphatic rings. The summed E-state index contributed by atoms with van der Waals surface area (Å²) in [4.78, 5) is 35.3. The number of aromatic nitrogens is 8. The van der Waals surface area contributed by atoms with E-state index < -0.39 is 17.8 Å². The highest BCUT2D eigenvalue weighted by atomic mass is 19.1. The van der Waals surface area contributed by atoms with E-state index in [1.54, 1.807) is 49.3 Å². The van der Waals surface area contributed by atoms with Gasteiger partial charge in [0.2, 0.25) is 11.7 Å². The number of alkyl halides is 1. The van der Waals surface area contributed by atoms with E-state index in [4.69, 9.17) is 0 Å². The van der Waals surface area contributed by atoms with Crippen molar-refractivity contribution < 1.29 is 9.18 Å². The number of anilines is 1. The summed E-state index contributed by atoms with van der Waals surface area (Å²) in [6, 6.07) is 8.77. The summed E-state index contributed by atoms with van der Waals surface area (Å²) >= 11 is 0. The molecule has 0 fully saturated rings. The number of allylic oxidation sites excluding steroid dienone is 1. The number of hydrogen-bond donors (Lipinski definition) is 3. The molecule has 1 aliphatic carbocycles. The maximum Gasteiger partial charge on any atom is 0.294 e. The molecule has 1 unspecified atom stereocenters. The van der Waals surface area contributed by atoms with E-state index in [1.807, 2.05) is 48.0 Å². The third-order valence-electron chi connectivity index (χ3n) is 7.51. The van der Waals surface area contributed by atoms with Crippen LogP contribution in [0.15, 0.2) is 66.0 Å². The first-order valence-corrected chi connectivity index (χ1v) is 13.7. The number of carbonyl (C=O) groups excluding carboxylic acids is 1. The Morgan fingerprint density at radius 2 is 2.05 bits per heavy atom. The van der Waals surface area contributed by atoms with Crippen LogP contribution in [0, 0.1) is 6.92 Å². The van der Waals surface area contributed by atoms with Crippen LogP contribution < -0.4 is 16.2 Å². The summed E-state index contributed by atoms with van der Waals surface area (Å²) in [5, 5.41) is 19.7. The van der Waals surface area contributed by atoms with Gasteiger partial charge in [0.05, 0.1) is 36.4 Å². The summed E-state index contributed by atoms with van der Waals surface area (Å²) in [5.41, 5.74) is 5.83. The number of H-pyrrole nitrogens is 1. The second-order valence-corrected chi connectivity index (χ2v) is 10.4. The average Bonchev–Trinajstić information content (AvgIpc) is 3.67. The van der Waals surface area contributed by atoms with Gasteiger partial charge in [0.25, 0.3) is 5.56 Å². The number of rotatable bonds is 8. The lowest BCUT2D eigenvalue weighted by Crippen LogP contribution is -2.38. The molecule has 4 aromatic heterocycles. The zero-order valence-electron chi connectivity index (χ0n) is 23.7. The number of nitrogens with one attached hydrogen (secondary N) is 3. The predicted molar refractivity (Wildman–Crippen MR) is 159 cm³/mol. The third-order valence-corrected chi connectivity index (χ3v) is 7.51. The number of aryl methyl sites for hydroxylation is 1. The number of likely N-dealkylation sites (N-methyl/N-ethyl adjacent to an activating group) is 1. The average molecular weight is 581 g/mol. The Balaban J connectivity index is 1.42.